The van der Waals surface area contributed by atoms with Gasteiger partial charge in [0.2, 0.25) is 37.7 Å². The second kappa shape index (κ2) is 46.6. The molecule has 0 bridgehead atoms. The van der Waals surface area contributed by atoms with Gasteiger partial charge < -0.3 is 85.3 Å². The van der Waals surface area contributed by atoms with E-state index < -0.39 is 109 Å². The second-order valence-electron chi connectivity index (χ2n) is 28.6. The Balaban J connectivity index is 1.00. The lowest BCUT2D eigenvalue weighted by molar-refractivity contribution is -0.187. The Kier molecular flexibility index (Phi) is 35.4. The topological polar surface area (TPSA) is 371 Å². The molecule has 6 fully saturated rings. The molecule has 0 amide bonds. The van der Waals surface area contributed by atoms with Gasteiger partial charge in [-0.1, -0.05) is 0 Å². The first kappa shape index (κ1) is 86.7. The van der Waals surface area contributed by atoms with Gasteiger partial charge in [0.1, 0.15) is 34.5 Å². The summed E-state index contributed by atoms with van der Waals surface area (Å²) in [5.41, 5.74) is 1.45. The fourth-order valence-electron chi connectivity index (χ4n) is 13.1. The van der Waals surface area contributed by atoms with Crippen molar-refractivity contribution in [2.75, 3.05) is 39.6 Å². The average molecular weight is 1590 g/mol. The highest BCUT2D eigenvalue weighted by atomic mass is 16.7. The van der Waals surface area contributed by atoms with E-state index in [1.165, 1.54) is 54.6 Å². The molecule has 6 heterocycles. The van der Waals surface area contributed by atoms with E-state index in [0.29, 0.717) is 78.2 Å². The molecule has 0 aromatic heterocycles. The Morgan fingerprint density at radius 1 is 0.202 bits per heavy atom. The maximum atomic E-state index is 13.9. The molecule has 0 spiro atoms. The van der Waals surface area contributed by atoms with Crippen molar-refractivity contribution >= 4 is 71.6 Å². The minimum atomic E-state index is -0.783. The third kappa shape index (κ3) is 31.6. The molecular formula is C84H102O30. The van der Waals surface area contributed by atoms with E-state index in [-0.39, 0.29) is 183 Å². The molecule has 30 heteroatoms. The zero-order valence-electron chi connectivity index (χ0n) is 64.3. The highest BCUT2D eigenvalue weighted by Crippen LogP contribution is 2.41. The summed E-state index contributed by atoms with van der Waals surface area (Å²) < 4.78 is 102. The third-order valence-corrected chi connectivity index (χ3v) is 18.9. The third-order valence-electron chi connectivity index (χ3n) is 18.9. The highest BCUT2D eigenvalue weighted by Gasteiger charge is 2.27. The largest absolute Gasteiger partial charge is 0.436 e. The van der Waals surface area contributed by atoms with Crippen LogP contribution in [0.4, 0.5) is 0 Å². The summed E-state index contributed by atoms with van der Waals surface area (Å²) in [5, 5.41) is 0. The zero-order chi connectivity index (χ0) is 80.2. The number of hydrogen-bond acceptors (Lipinski definition) is 30. The van der Waals surface area contributed by atoms with Gasteiger partial charge in [0.05, 0.1) is 39.6 Å². The maximum absolute atomic E-state index is 13.9. The zero-order valence-corrected chi connectivity index (χ0v) is 64.3. The average Bonchev–Trinajstić information content (AvgIpc) is 0.782. The summed E-state index contributed by atoms with van der Waals surface area (Å²) in [4.78, 5) is 160. The van der Waals surface area contributed by atoms with Crippen molar-refractivity contribution < 1.29 is 143 Å². The van der Waals surface area contributed by atoms with E-state index in [9.17, 15) is 57.5 Å². The van der Waals surface area contributed by atoms with Crippen LogP contribution in [0.2, 0.25) is 0 Å². The Morgan fingerprint density at radius 2 is 0.351 bits per heavy atom. The second-order valence-corrected chi connectivity index (χ2v) is 28.6. The summed E-state index contributed by atoms with van der Waals surface area (Å²) in [6, 6.07) is 17.7. The maximum Gasteiger partial charge on any atom is 0.311 e. The van der Waals surface area contributed by atoms with Gasteiger partial charge in [0.25, 0.3) is 0 Å². The molecule has 618 valence electrons. The SMILES string of the molecule is O=C(CCCC(=O)OC1CCCCO1)Oc1cc(OC(=O)CCCC(=O)OC2CCCCO2)cc(-c2cc(-c3cc(OC(=O)CCCC(=O)OC4CCCCO4)cc(OC(=O)CCCC(=O)OC4CCCCO4)c3)cc(-c3cc(OC(=O)CCCC(=O)OC4CCCCO4)cc(OC(=O)CCCC(=O)OC4CCCCO4)c3)c2)c1. The number of benzene rings is 4. The number of rotatable bonds is 39. The first-order valence-corrected chi connectivity index (χ1v) is 40.1. The van der Waals surface area contributed by atoms with E-state index in [0.717, 1.165) is 77.0 Å². The van der Waals surface area contributed by atoms with E-state index in [1.807, 2.05) is 0 Å². The number of ether oxygens (including phenoxy) is 18. The standard InChI is InChI=1S/C84H102O30/c85-67(19-13-25-73(91)109-79-31-1-7-37-97-79)103-61-46-58(47-62(52-61)104-68(86)20-14-26-74(92)110-80-32-2-8-38-98-80)55-43-56(59-48-63(105-69(87)21-15-27-75(93)111-81-33-3-9-39-99-81)53-64(49-59)106-70(88)22-16-28-76(94)112-82-34-4-10-40-100-82)45-57(44-55)60-50-65(107-71(89)23-17-29-77(95)113-83-35-5-11-41-101-83)54-66(51-60)108-72(90)24-18-30-78(96)114-84-36-6-12-42-102-84/h43-54,79-84H,1-42H2. The molecule has 4 aromatic rings. The summed E-state index contributed by atoms with van der Waals surface area (Å²) in [5.74, 6) is -8.93. The minimum absolute atomic E-state index is 0.0232. The van der Waals surface area contributed by atoms with Crippen LogP contribution in [0.15, 0.2) is 72.8 Å². The van der Waals surface area contributed by atoms with E-state index in [2.05, 4.69) is 0 Å². The molecule has 6 aliphatic heterocycles. The normalized spacial score (nSPS) is 19.6. The molecule has 6 aliphatic rings. The molecule has 30 nitrogen and oxygen atoms in total. The molecule has 0 aliphatic carbocycles. The van der Waals surface area contributed by atoms with Gasteiger partial charge in [-0.3, -0.25) is 57.5 Å². The van der Waals surface area contributed by atoms with Gasteiger partial charge in [0.15, 0.2) is 0 Å². The Bertz CT molecular complexity index is 3290. The quantitative estimate of drug-likeness (QED) is 0.0227. The fraction of sp³-hybridized carbons (Fsp3) is 0.571. The van der Waals surface area contributed by atoms with Crippen LogP contribution in [0.3, 0.4) is 0 Å². The summed E-state index contributed by atoms with van der Waals surface area (Å²) >= 11 is 0. The van der Waals surface area contributed by atoms with Crippen molar-refractivity contribution in [2.45, 2.75) is 269 Å². The summed E-state index contributed by atoms with van der Waals surface area (Å²) in [7, 11) is 0. The lowest BCUT2D eigenvalue weighted by Gasteiger charge is -2.22. The lowest BCUT2D eigenvalue weighted by atomic mass is 9.92. The minimum Gasteiger partial charge on any atom is -0.436 e. The van der Waals surface area contributed by atoms with Gasteiger partial charge in [-0.15, -0.1) is 0 Å². The van der Waals surface area contributed by atoms with Crippen molar-refractivity contribution in [3.63, 3.8) is 0 Å². The molecule has 0 radical (unpaired) electrons. The molecular weight excluding hydrogens is 1490 g/mol. The summed E-state index contributed by atoms with van der Waals surface area (Å²) in [6.07, 6.45) is 6.73. The predicted molar refractivity (Wildman–Crippen MR) is 398 cm³/mol. The monoisotopic (exact) mass is 1590 g/mol. The van der Waals surface area contributed by atoms with Gasteiger partial charge >= 0.3 is 71.6 Å². The van der Waals surface area contributed by atoms with Crippen LogP contribution < -0.4 is 28.4 Å². The van der Waals surface area contributed by atoms with Crippen LogP contribution in [0, 0.1) is 0 Å². The van der Waals surface area contributed by atoms with Gasteiger partial charge in [-0.25, -0.2) is 0 Å². The molecule has 4 aromatic carbocycles. The van der Waals surface area contributed by atoms with Crippen molar-refractivity contribution in [3.8, 4) is 67.9 Å². The number of esters is 12. The van der Waals surface area contributed by atoms with E-state index in [4.69, 9.17) is 85.3 Å². The molecule has 6 unspecified atom stereocenters. The van der Waals surface area contributed by atoms with Crippen LogP contribution >= 0.6 is 0 Å². The number of hydrogen-bond donors (Lipinski definition) is 0. The van der Waals surface area contributed by atoms with Crippen molar-refractivity contribution in [1.82, 2.24) is 0 Å². The van der Waals surface area contributed by atoms with Gasteiger partial charge in [0, 0.05) is 134 Å². The molecule has 10 rings (SSSR count). The molecule has 114 heavy (non-hydrogen) atoms. The Hall–Kier alpha value is -9.72. The first-order valence-electron chi connectivity index (χ1n) is 40.1. The number of carbonyl (C=O) groups is 12. The van der Waals surface area contributed by atoms with Crippen LogP contribution in [-0.2, 0) is 114 Å². The van der Waals surface area contributed by atoms with Crippen LogP contribution in [-0.4, -0.2) is 149 Å². The number of carbonyl (C=O) groups excluding carboxylic acids is 12. The Labute approximate surface area is 660 Å². The van der Waals surface area contributed by atoms with Gasteiger partial charge in [-0.05, 0) is 204 Å². The molecule has 6 atom stereocenters. The fourth-order valence-corrected chi connectivity index (χ4v) is 13.1. The van der Waals surface area contributed by atoms with Gasteiger partial charge in [-0.2, -0.15) is 0 Å². The smallest absolute Gasteiger partial charge is 0.311 e. The van der Waals surface area contributed by atoms with Crippen LogP contribution in [0.1, 0.15) is 231 Å². The lowest BCUT2D eigenvalue weighted by Crippen LogP contribution is -2.25. The molecule has 0 N–H and O–H groups in total. The first-order chi connectivity index (χ1) is 55.3. The highest BCUT2D eigenvalue weighted by molar-refractivity contribution is 5.87. The van der Waals surface area contributed by atoms with Crippen LogP contribution in [0.5, 0.6) is 34.5 Å². The Morgan fingerprint density at radius 3 is 0.500 bits per heavy atom. The van der Waals surface area contributed by atoms with E-state index >= 15 is 0 Å². The van der Waals surface area contributed by atoms with Crippen molar-refractivity contribution in [2.24, 2.45) is 0 Å². The van der Waals surface area contributed by atoms with Crippen molar-refractivity contribution in [3.05, 3.63) is 72.8 Å². The molecule has 6 saturated heterocycles. The predicted octanol–water partition coefficient (Wildman–Crippen LogP) is 13.6. The van der Waals surface area contributed by atoms with Crippen LogP contribution in [0.25, 0.3) is 33.4 Å². The van der Waals surface area contributed by atoms with E-state index in [1.54, 1.807) is 18.2 Å². The molecule has 0 saturated carbocycles. The van der Waals surface area contributed by atoms with Crippen molar-refractivity contribution in [1.29, 1.82) is 0 Å². The summed E-state index contributed by atoms with van der Waals surface area (Å²) in [6.45, 7) is 2.68.